The van der Waals surface area contributed by atoms with E-state index in [0.29, 0.717) is 19.8 Å². The van der Waals surface area contributed by atoms with E-state index >= 15 is 0 Å². The Hall–Kier alpha value is -1.56. The summed E-state index contributed by atoms with van der Waals surface area (Å²) in [6.45, 7) is 5.86. The zero-order valence-corrected chi connectivity index (χ0v) is 16.2. The normalized spacial score (nSPS) is 15.0. The lowest BCUT2D eigenvalue weighted by Crippen LogP contribution is -2.33. The Morgan fingerprint density at radius 3 is 2.64 bits per heavy atom. The molecule has 0 aliphatic carbocycles. The fraction of sp³-hybridized carbons (Fsp3) is 0.400. The first kappa shape index (κ1) is 18.2. The molecule has 134 valence electrons. The van der Waals surface area contributed by atoms with Crippen molar-refractivity contribution in [3.8, 4) is 11.5 Å². The van der Waals surface area contributed by atoms with Crippen molar-refractivity contribution in [3.05, 3.63) is 58.1 Å². The first-order valence-corrected chi connectivity index (χ1v) is 9.59. The Morgan fingerprint density at radius 2 is 1.92 bits per heavy atom. The zero-order valence-electron chi connectivity index (χ0n) is 14.6. The van der Waals surface area contributed by atoms with Crippen LogP contribution in [0.2, 0.25) is 0 Å². The standard InChI is InChI=1S/C20H25BrN2O2/c1-2-23(14-15-7-4-3-5-8-15)18(13-22)16-11-17(21)20-19(12-16)24-9-6-10-25-20/h3-5,7-8,11-12,18H,2,6,9-10,13-14,22H2,1H3. The molecule has 1 unspecified atom stereocenters. The van der Waals surface area contributed by atoms with Crippen LogP contribution in [-0.2, 0) is 6.54 Å². The molecule has 0 bridgehead atoms. The minimum atomic E-state index is 0.124. The lowest BCUT2D eigenvalue weighted by molar-refractivity contribution is 0.203. The fourth-order valence-corrected chi connectivity index (χ4v) is 3.77. The Morgan fingerprint density at radius 1 is 1.16 bits per heavy atom. The van der Waals surface area contributed by atoms with Crippen molar-refractivity contribution < 1.29 is 9.47 Å². The van der Waals surface area contributed by atoms with Crippen molar-refractivity contribution in [2.45, 2.75) is 25.9 Å². The second kappa shape index (κ2) is 8.70. The van der Waals surface area contributed by atoms with Gasteiger partial charge in [0.2, 0.25) is 0 Å². The maximum absolute atomic E-state index is 6.16. The van der Waals surface area contributed by atoms with Crippen LogP contribution in [0, 0.1) is 0 Å². The molecule has 1 aliphatic rings. The molecular weight excluding hydrogens is 380 g/mol. The monoisotopic (exact) mass is 404 g/mol. The molecule has 4 nitrogen and oxygen atoms in total. The number of hydrogen-bond donors (Lipinski definition) is 1. The number of benzene rings is 2. The van der Waals surface area contributed by atoms with E-state index in [1.165, 1.54) is 5.56 Å². The van der Waals surface area contributed by atoms with E-state index in [2.05, 4.69) is 64.2 Å². The van der Waals surface area contributed by atoms with Gasteiger partial charge in [0, 0.05) is 25.6 Å². The van der Waals surface area contributed by atoms with E-state index in [0.717, 1.165) is 41.0 Å². The molecule has 0 saturated carbocycles. The number of nitrogens with two attached hydrogens (primary N) is 1. The second-order valence-corrected chi connectivity index (χ2v) is 7.03. The molecule has 5 heteroatoms. The highest BCUT2D eigenvalue weighted by Gasteiger charge is 2.22. The van der Waals surface area contributed by atoms with Gasteiger partial charge in [0.15, 0.2) is 11.5 Å². The number of hydrogen-bond acceptors (Lipinski definition) is 4. The van der Waals surface area contributed by atoms with Gasteiger partial charge in [-0.3, -0.25) is 4.90 Å². The molecule has 0 radical (unpaired) electrons. The quantitative estimate of drug-likeness (QED) is 0.785. The molecule has 2 N–H and O–H groups in total. The highest BCUT2D eigenvalue weighted by molar-refractivity contribution is 9.10. The SMILES string of the molecule is CCN(Cc1ccccc1)C(CN)c1cc(Br)c2c(c1)OCCCO2. The van der Waals surface area contributed by atoms with E-state index in [4.69, 9.17) is 15.2 Å². The topological polar surface area (TPSA) is 47.7 Å². The van der Waals surface area contributed by atoms with Crippen LogP contribution in [0.15, 0.2) is 46.9 Å². The largest absolute Gasteiger partial charge is 0.490 e. The molecule has 1 heterocycles. The number of ether oxygens (including phenoxy) is 2. The molecule has 0 fully saturated rings. The molecule has 2 aromatic rings. The molecule has 1 aliphatic heterocycles. The zero-order chi connectivity index (χ0) is 17.6. The van der Waals surface area contributed by atoms with Crippen LogP contribution in [-0.4, -0.2) is 31.2 Å². The van der Waals surface area contributed by atoms with Gasteiger partial charge >= 0.3 is 0 Å². The average Bonchev–Trinajstić information content (AvgIpc) is 2.88. The van der Waals surface area contributed by atoms with Gasteiger partial charge in [0.05, 0.1) is 17.7 Å². The summed E-state index contributed by atoms with van der Waals surface area (Å²) in [5.74, 6) is 1.60. The van der Waals surface area contributed by atoms with Gasteiger partial charge in [-0.2, -0.15) is 0 Å². The minimum Gasteiger partial charge on any atom is -0.490 e. The third kappa shape index (κ3) is 4.35. The van der Waals surface area contributed by atoms with Crippen molar-refractivity contribution in [3.63, 3.8) is 0 Å². The lowest BCUT2D eigenvalue weighted by Gasteiger charge is -2.31. The Balaban J connectivity index is 1.88. The van der Waals surface area contributed by atoms with Gasteiger partial charge in [-0.05, 0) is 45.7 Å². The Labute approximate surface area is 158 Å². The lowest BCUT2D eigenvalue weighted by atomic mass is 10.0. The van der Waals surface area contributed by atoms with Crippen LogP contribution in [0.5, 0.6) is 11.5 Å². The summed E-state index contributed by atoms with van der Waals surface area (Å²) in [5.41, 5.74) is 8.60. The summed E-state index contributed by atoms with van der Waals surface area (Å²) in [4.78, 5) is 2.39. The van der Waals surface area contributed by atoms with Gasteiger partial charge < -0.3 is 15.2 Å². The minimum absolute atomic E-state index is 0.124. The van der Waals surface area contributed by atoms with Crippen LogP contribution >= 0.6 is 15.9 Å². The van der Waals surface area contributed by atoms with Gasteiger partial charge in [-0.1, -0.05) is 37.3 Å². The first-order chi connectivity index (χ1) is 12.2. The van der Waals surface area contributed by atoms with Crippen LogP contribution in [0.4, 0.5) is 0 Å². The third-order valence-electron chi connectivity index (χ3n) is 4.51. The van der Waals surface area contributed by atoms with Gasteiger partial charge in [0.1, 0.15) is 0 Å². The van der Waals surface area contributed by atoms with Crippen molar-refractivity contribution >= 4 is 15.9 Å². The predicted molar refractivity (Wildman–Crippen MR) is 104 cm³/mol. The van der Waals surface area contributed by atoms with Crippen LogP contribution in [0.3, 0.4) is 0 Å². The van der Waals surface area contributed by atoms with Gasteiger partial charge in [-0.15, -0.1) is 0 Å². The van der Waals surface area contributed by atoms with E-state index < -0.39 is 0 Å². The van der Waals surface area contributed by atoms with Crippen LogP contribution < -0.4 is 15.2 Å². The number of rotatable bonds is 6. The average molecular weight is 405 g/mol. The second-order valence-electron chi connectivity index (χ2n) is 6.18. The van der Waals surface area contributed by atoms with Gasteiger partial charge in [-0.25, -0.2) is 0 Å². The molecule has 0 saturated heterocycles. The molecule has 0 amide bonds. The Kier molecular flexibility index (Phi) is 6.34. The summed E-state index contributed by atoms with van der Waals surface area (Å²) in [7, 11) is 0. The molecule has 1 atom stereocenters. The van der Waals surface area contributed by atoms with Crippen molar-refractivity contribution in [2.24, 2.45) is 5.73 Å². The molecule has 2 aromatic carbocycles. The highest BCUT2D eigenvalue weighted by Crippen LogP contribution is 2.40. The maximum Gasteiger partial charge on any atom is 0.175 e. The summed E-state index contributed by atoms with van der Waals surface area (Å²) in [6, 6.07) is 14.8. The highest BCUT2D eigenvalue weighted by atomic mass is 79.9. The summed E-state index contributed by atoms with van der Waals surface area (Å²) in [6.07, 6.45) is 0.895. The molecule has 0 aromatic heterocycles. The first-order valence-electron chi connectivity index (χ1n) is 8.80. The van der Waals surface area contributed by atoms with Crippen molar-refractivity contribution in [2.75, 3.05) is 26.3 Å². The van der Waals surface area contributed by atoms with E-state index in [-0.39, 0.29) is 6.04 Å². The van der Waals surface area contributed by atoms with E-state index in [1.807, 2.05) is 6.07 Å². The van der Waals surface area contributed by atoms with E-state index in [9.17, 15) is 0 Å². The summed E-state index contributed by atoms with van der Waals surface area (Å²) < 4.78 is 12.6. The number of halogens is 1. The molecule has 0 spiro atoms. The summed E-state index contributed by atoms with van der Waals surface area (Å²) in [5, 5.41) is 0. The number of likely N-dealkylation sites (N-methyl/N-ethyl adjacent to an activating group) is 1. The molecule has 25 heavy (non-hydrogen) atoms. The number of fused-ring (bicyclic) bond motifs is 1. The molecular formula is C20H25BrN2O2. The summed E-state index contributed by atoms with van der Waals surface area (Å²) >= 11 is 3.64. The predicted octanol–water partition coefficient (Wildman–Crippen LogP) is 4.13. The maximum atomic E-state index is 6.16. The molecule has 3 rings (SSSR count). The third-order valence-corrected chi connectivity index (χ3v) is 5.10. The van der Waals surface area contributed by atoms with Crippen molar-refractivity contribution in [1.82, 2.24) is 4.90 Å². The number of nitrogens with zero attached hydrogens (tertiary/aromatic N) is 1. The fourth-order valence-electron chi connectivity index (χ4n) is 3.20. The van der Waals surface area contributed by atoms with Crippen LogP contribution in [0.1, 0.15) is 30.5 Å². The van der Waals surface area contributed by atoms with Crippen molar-refractivity contribution in [1.29, 1.82) is 0 Å². The smallest absolute Gasteiger partial charge is 0.175 e. The Bertz CT molecular complexity index is 694. The van der Waals surface area contributed by atoms with E-state index in [1.54, 1.807) is 0 Å². The van der Waals surface area contributed by atoms with Crippen LogP contribution in [0.25, 0.3) is 0 Å². The van der Waals surface area contributed by atoms with Gasteiger partial charge in [0.25, 0.3) is 0 Å².